The van der Waals surface area contributed by atoms with Gasteiger partial charge in [0.15, 0.2) is 0 Å². The van der Waals surface area contributed by atoms with Crippen molar-refractivity contribution in [3.05, 3.63) is 47.5 Å². The first-order valence-electron chi connectivity index (χ1n) is 10.9. The van der Waals surface area contributed by atoms with Gasteiger partial charge in [0.25, 0.3) is 5.91 Å². The maximum Gasteiger partial charge on any atom is 0.257 e. The van der Waals surface area contributed by atoms with Crippen molar-refractivity contribution < 1.29 is 13.9 Å². The minimum atomic E-state index is -0.352. The fourth-order valence-electron chi connectivity index (χ4n) is 4.77. The molecule has 2 atom stereocenters. The van der Waals surface area contributed by atoms with E-state index in [-0.39, 0.29) is 23.9 Å². The van der Waals surface area contributed by atoms with Gasteiger partial charge in [0, 0.05) is 32.7 Å². The Hall–Kier alpha value is -2.25. The summed E-state index contributed by atoms with van der Waals surface area (Å²) in [5.74, 6) is 0.242. The molecule has 1 aromatic heterocycles. The molecule has 7 heteroatoms. The molecule has 0 radical (unpaired) electrons. The second-order valence-electron chi connectivity index (χ2n) is 8.72. The molecule has 2 fully saturated rings. The number of para-hydroxylation sites is 1. The molecule has 30 heavy (non-hydrogen) atoms. The van der Waals surface area contributed by atoms with Gasteiger partial charge in [0.05, 0.1) is 29.7 Å². The van der Waals surface area contributed by atoms with E-state index in [4.69, 9.17) is 4.74 Å². The van der Waals surface area contributed by atoms with Gasteiger partial charge in [-0.2, -0.15) is 5.10 Å². The Morgan fingerprint density at radius 2 is 1.83 bits per heavy atom. The molecular weight excluding hydrogens is 383 g/mol. The number of carbonyl (C=O) groups is 1. The highest BCUT2D eigenvalue weighted by Gasteiger charge is 2.29. The zero-order chi connectivity index (χ0) is 21.3. The number of aromatic nitrogens is 2. The van der Waals surface area contributed by atoms with Crippen LogP contribution in [-0.4, -0.2) is 70.4 Å². The van der Waals surface area contributed by atoms with Crippen LogP contribution in [0, 0.1) is 18.7 Å². The summed E-state index contributed by atoms with van der Waals surface area (Å²) in [7, 11) is 0. The second-order valence-corrected chi connectivity index (χ2v) is 8.72. The van der Waals surface area contributed by atoms with Crippen molar-refractivity contribution >= 4 is 5.91 Å². The number of ether oxygens (including phenoxy) is 1. The van der Waals surface area contributed by atoms with E-state index in [0.717, 1.165) is 45.6 Å². The largest absolute Gasteiger partial charge is 0.373 e. The van der Waals surface area contributed by atoms with E-state index >= 15 is 0 Å². The summed E-state index contributed by atoms with van der Waals surface area (Å²) < 4.78 is 21.5. The smallest absolute Gasteiger partial charge is 0.257 e. The maximum atomic E-state index is 14.1. The van der Waals surface area contributed by atoms with Crippen LogP contribution < -0.4 is 0 Å². The van der Waals surface area contributed by atoms with Gasteiger partial charge in [-0.05, 0) is 51.7 Å². The summed E-state index contributed by atoms with van der Waals surface area (Å²) in [6.07, 6.45) is 4.14. The summed E-state index contributed by atoms with van der Waals surface area (Å²) in [6, 6.07) is 6.48. The summed E-state index contributed by atoms with van der Waals surface area (Å²) >= 11 is 0. The van der Waals surface area contributed by atoms with Gasteiger partial charge in [0.1, 0.15) is 11.5 Å². The van der Waals surface area contributed by atoms with Crippen LogP contribution in [0.5, 0.6) is 0 Å². The SMILES string of the molecule is Cc1c(C(=O)N2CCC(CN3CC(C)OC(C)C3)CC2)cnn1-c1ccccc1F. The molecule has 1 amide bonds. The molecule has 2 aromatic rings. The summed E-state index contributed by atoms with van der Waals surface area (Å²) in [5, 5.41) is 4.28. The van der Waals surface area contributed by atoms with E-state index in [1.54, 1.807) is 24.4 Å². The van der Waals surface area contributed by atoms with Crippen LogP contribution in [0.15, 0.2) is 30.5 Å². The number of halogens is 1. The molecule has 2 unspecified atom stereocenters. The lowest BCUT2D eigenvalue weighted by atomic mass is 9.95. The third-order valence-corrected chi connectivity index (χ3v) is 6.23. The first kappa shape index (κ1) is 21.0. The molecule has 0 spiro atoms. The molecule has 0 N–H and O–H groups in total. The van der Waals surface area contributed by atoms with E-state index in [2.05, 4.69) is 23.8 Å². The number of hydrogen-bond acceptors (Lipinski definition) is 4. The molecule has 4 rings (SSSR count). The first-order valence-corrected chi connectivity index (χ1v) is 10.9. The number of piperidine rings is 1. The highest BCUT2D eigenvalue weighted by Crippen LogP contribution is 2.24. The van der Waals surface area contributed by atoms with Crippen LogP contribution in [0.3, 0.4) is 0 Å². The third-order valence-electron chi connectivity index (χ3n) is 6.23. The standard InChI is InChI=1S/C23H31FN4O2/c1-16-13-26(14-17(2)30-16)15-19-8-10-27(11-9-19)23(29)20-12-25-28(18(20)3)22-7-5-4-6-21(22)24/h4-7,12,16-17,19H,8-11,13-15H2,1-3H3. The van der Waals surface area contributed by atoms with E-state index in [1.807, 2.05) is 11.8 Å². The lowest BCUT2D eigenvalue weighted by Crippen LogP contribution is -2.48. The molecule has 0 bridgehead atoms. The zero-order valence-corrected chi connectivity index (χ0v) is 18.1. The van der Waals surface area contributed by atoms with Crippen LogP contribution in [0.2, 0.25) is 0 Å². The Balaban J connectivity index is 1.36. The summed E-state index contributed by atoms with van der Waals surface area (Å²) in [5.41, 5.74) is 1.58. The molecule has 6 nitrogen and oxygen atoms in total. The molecule has 1 aromatic carbocycles. The van der Waals surface area contributed by atoms with Crippen LogP contribution in [0.1, 0.15) is 42.7 Å². The van der Waals surface area contributed by atoms with Gasteiger partial charge in [-0.25, -0.2) is 9.07 Å². The molecule has 2 saturated heterocycles. The Labute approximate surface area is 177 Å². The number of rotatable bonds is 4. The zero-order valence-electron chi connectivity index (χ0n) is 18.1. The quantitative estimate of drug-likeness (QED) is 0.771. The lowest BCUT2D eigenvalue weighted by molar-refractivity contribution is -0.0728. The van der Waals surface area contributed by atoms with Gasteiger partial charge >= 0.3 is 0 Å². The van der Waals surface area contributed by atoms with Crippen LogP contribution in [0.4, 0.5) is 4.39 Å². The Kier molecular flexibility index (Phi) is 6.20. The van der Waals surface area contributed by atoms with Crippen molar-refractivity contribution in [2.45, 2.75) is 45.8 Å². The van der Waals surface area contributed by atoms with Crippen LogP contribution in [-0.2, 0) is 4.74 Å². The number of amides is 1. The van der Waals surface area contributed by atoms with E-state index in [1.165, 1.54) is 10.7 Å². The molecule has 2 aliphatic heterocycles. The van der Waals surface area contributed by atoms with Crippen LogP contribution in [0.25, 0.3) is 5.69 Å². The third kappa shape index (κ3) is 4.42. The minimum Gasteiger partial charge on any atom is -0.373 e. The Morgan fingerprint density at radius 3 is 2.50 bits per heavy atom. The molecular formula is C23H31FN4O2. The monoisotopic (exact) mass is 414 g/mol. The lowest BCUT2D eigenvalue weighted by Gasteiger charge is -2.39. The average Bonchev–Trinajstić information content (AvgIpc) is 3.09. The van der Waals surface area contributed by atoms with Crippen molar-refractivity contribution in [2.24, 2.45) is 5.92 Å². The number of morpholine rings is 1. The normalized spacial score (nSPS) is 23.7. The molecule has 2 aliphatic rings. The molecule has 162 valence electrons. The number of hydrogen-bond donors (Lipinski definition) is 0. The maximum absolute atomic E-state index is 14.1. The Bertz CT molecular complexity index is 881. The number of carbonyl (C=O) groups excluding carboxylic acids is 1. The van der Waals surface area contributed by atoms with Crippen molar-refractivity contribution in [1.82, 2.24) is 19.6 Å². The van der Waals surface area contributed by atoms with Gasteiger partial charge in [0.2, 0.25) is 0 Å². The fraction of sp³-hybridized carbons (Fsp3) is 0.565. The first-order chi connectivity index (χ1) is 14.4. The molecule has 0 saturated carbocycles. The predicted molar refractivity (Wildman–Crippen MR) is 113 cm³/mol. The summed E-state index contributed by atoms with van der Waals surface area (Å²) in [4.78, 5) is 17.5. The van der Waals surface area contributed by atoms with Crippen molar-refractivity contribution in [2.75, 3.05) is 32.7 Å². The molecule has 0 aliphatic carbocycles. The average molecular weight is 415 g/mol. The van der Waals surface area contributed by atoms with E-state index in [9.17, 15) is 9.18 Å². The Morgan fingerprint density at radius 1 is 1.17 bits per heavy atom. The van der Waals surface area contributed by atoms with Crippen molar-refractivity contribution in [3.63, 3.8) is 0 Å². The number of nitrogens with zero attached hydrogens (tertiary/aromatic N) is 4. The van der Waals surface area contributed by atoms with Crippen molar-refractivity contribution in [3.8, 4) is 5.69 Å². The van der Waals surface area contributed by atoms with E-state index in [0.29, 0.717) is 22.9 Å². The van der Waals surface area contributed by atoms with E-state index < -0.39 is 0 Å². The number of likely N-dealkylation sites (tertiary alicyclic amines) is 1. The van der Waals surface area contributed by atoms with Gasteiger partial charge in [-0.1, -0.05) is 12.1 Å². The molecule has 3 heterocycles. The number of benzene rings is 1. The second kappa shape index (κ2) is 8.86. The highest BCUT2D eigenvalue weighted by atomic mass is 19.1. The highest BCUT2D eigenvalue weighted by molar-refractivity contribution is 5.95. The van der Waals surface area contributed by atoms with Gasteiger partial charge < -0.3 is 9.64 Å². The minimum absolute atomic E-state index is 0.0119. The fourth-order valence-corrected chi connectivity index (χ4v) is 4.77. The topological polar surface area (TPSA) is 50.6 Å². The van der Waals surface area contributed by atoms with Gasteiger partial charge in [-0.15, -0.1) is 0 Å². The predicted octanol–water partition coefficient (Wildman–Crippen LogP) is 3.28. The van der Waals surface area contributed by atoms with Crippen molar-refractivity contribution in [1.29, 1.82) is 0 Å². The van der Waals surface area contributed by atoms with Gasteiger partial charge in [-0.3, -0.25) is 9.69 Å². The summed E-state index contributed by atoms with van der Waals surface area (Å²) in [6.45, 7) is 10.6. The van der Waals surface area contributed by atoms with Crippen LogP contribution >= 0.6 is 0 Å².